The van der Waals surface area contributed by atoms with Crippen molar-refractivity contribution in [3.63, 3.8) is 0 Å². The fourth-order valence-corrected chi connectivity index (χ4v) is 4.50. The van der Waals surface area contributed by atoms with E-state index in [1.165, 1.54) is 0 Å². The van der Waals surface area contributed by atoms with Gasteiger partial charge in [0.05, 0.1) is 17.8 Å². The molecule has 6 nitrogen and oxygen atoms in total. The quantitative estimate of drug-likeness (QED) is 0.439. The van der Waals surface area contributed by atoms with Crippen molar-refractivity contribution in [2.24, 2.45) is 0 Å². The molecule has 2 N–H and O–H groups in total. The van der Waals surface area contributed by atoms with Crippen molar-refractivity contribution in [2.45, 2.75) is 17.5 Å². The number of hydrogen-bond donors (Lipinski definition) is 2. The number of nitrogens with zero attached hydrogens (tertiary/aromatic N) is 1. The molecule has 4 rings (SSSR count). The van der Waals surface area contributed by atoms with Gasteiger partial charge >= 0.3 is 0 Å². The van der Waals surface area contributed by atoms with E-state index in [1.807, 2.05) is 24.3 Å². The molecule has 0 amide bonds. The highest BCUT2D eigenvalue weighted by Gasteiger charge is 2.27. The van der Waals surface area contributed by atoms with E-state index >= 15 is 0 Å². The van der Waals surface area contributed by atoms with E-state index in [4.69, 9.17) is 4.74 Å². The fraction of sp³-hybridized carbons (Fsp3) is 0.130. The molecule has 4 aromatic rings. The second kappa shape index (κ2) is 8.31. The summed E-state index contributed by atoms with van der Waals surface area (Å²) < 4.78 is 42.0. The first-order chi connectivity index (χ1) is 14.4. The van der Waals surface area contributed by atoms with Gasteiger partial charge in [-0.15, -0.1) is 0 Å². The van der Waals surface area contributed by atoms with E-state index in [1.54, 1.807) is 65.2 Å². The van der Waals surface area contributed by atoms with E-state index in [0.717, 1.165) is 0 Å². The first kappa shape index (κ1) is 20.2. The second-order valence-corrected chi connectivity index (χ2v) is 8.28. The topological polar surface area (TPSA) is 88.8 Å². The highest BCUT2D eigenvalue weighted by atomic mass is 32.2. The molecule has 0 saturated heterocycles. The monoisotopic (exact) mass is 423 g/mol. The summed E-state index contributed by atoms with van der Waals surface area (Å²) in [5, 5.41) is 11.0. The molecule has 0 fully saturated rings. The van der Waals surface area contributed by atoms with E-state index in [2.05, 4.69) is 0 Å². The summed E-state index contributed by atoms with van der Waals surface area (Å²) >= 11 is 0. The van der Waals surface area contributed by atoms with Crippen LogP contribution in [0.2, 0.25) is 0 Å². The number of aliphatic hydroxyl groups is 1. The van der Waals surface area contributed by atoms with Crippen LogP contribution in [0, 0.1) is 0 Å². The number of ether oxygens (including phenoxy) is 1. The minimum atomic E-state index is -4.51. The Morgan fingerprint density at radius 1 is 0.867 bits per heavy atom. The summed E-state index contributed by atoms with van der Waals surface area (Å²) in [7, 11) is -4.51. The fourth-order valence-electron chi connectivity index (χ4n) is 3.58. The van der Waals surface area contributed by atoms with Crippen molar-refractivity contribution in [3.05, 3.63) is 84.9 Å². The predicted octanol–water partition coefficient (Wildman–Crippen LogP) is 3.99. The summed E-state index contributed by atoms with van der Waals surface area (Å²) in [6.45, 7) is 0.124. The van der Waals surface area contributed by atoms with Crippen LogP contribution in [0.4, 0.5) is 0 Å². The third-order valence-corrected chi connectivity index (χ3v) is 5.74. The lowest BCUT2D eigenvalue weighted by molar-refractivity contribution is 0.0938. The van der Waals surface area contributed by atoms with Crippen LogP contribution < -0.4 is 4.74 Å². The van der Waals surface area contributed by atoms with Crippen molar-refractivity contribution >= 4 is 21.0 Å². The molecule has 0 spiro atoms. The molecule has 0 aliphatic heterocycles. The summed E-state index contributed by atoms with van der Waals surface area (Å²) in [4.78, 5) is -0.166. The van der Waals surface area contributed by atoms with E-state index in [9.17, 15) is 18.1 Å². The number of benzene rings is 3. The lowest BCUT2D eigenvalue weighted by Gasteiger charge is -2.17. The van der Waals surface area contributed by atoms with Gasteiger partial charge in [-0.2, -0.15) is 8.42 Å². The summed E-state index contributed by atoms with van der Waals surface area (Å²) in [5.41, 5.74) is 1.55. The van der Waals surface area contributed by atoms with Crippen molar-refractivity contribution in [3.8, 4) is 17.0 Å². The molecule has 7 heteroatoms. The van der Waals surface area contributed by atoms with E-state index in [-0.39, 0.29) is 18.0 Å². The zero-order valence-corrected chi connectivity index (χ0v) is 16.9. The van der Waals surface area contributed by atoms with Crippen LogP contribution in [0.5, 0.6) is 5.75 Å². The summed E-state index contributed by atoms with van der Waals surface area (Å²) in [6.07, 6.45) is -0.905. The van der Waals surface area contributed by atoms with Crippen LogP contribution in [0.25, 0.3) is 22.2 Å². The maximum absolute atomic E-state index is 12.3. The highest BCUT2D eigenvalue weighted by molar-refractivity contribution is 7.86. The van der Waals surface area contributed by atoms with Crippen molar-refractivity contribution < 1.29 is 22.8 Å². The number of hydrogen-bond acceptors (Lipinski definition) is 4. The van der Waals surface area contributed by atoms with Crippen LogP contribution >= 0.6 is 0 Å². The van der Waals surface area contributed by atoms with E-state index < -0.39 is 16.2 Å². The van der Waals surface area contributed by atoms with Crippen molar-refractivity contribution in [1.29, 1.82) is 0 Å². The molecule has 0 radical (unpaired) electrons. The maximum atomic E-state index is 12.3. The van der Waals surface area contributed by atoms with Gasteiger partial charge in [-0.1, -0.05) is 66.7 Å². The molecule has 154 valence electrons. The lowest BCUT2D eigenvalue weighted by atomic mass is 10.1. The van der Waals surface area contributed by atoms with Gasteiger partial charge in [-0.3, -0.25) is 4.55 Å². The van der Waals surface area contributed by atoms with Crippen LogP contribution in [0.15, 0.2) is 89.8 Å². The third-order valence-electron chi connectivity index (χ3n) is 4.81. The molecule has 0 aliphatic carbocycles. The van der Waals surface area contributed by atoms with Gasteiger partial charge in [0, 0.05) is 5.39 Å². The largest absolute Gasteiger partial charge is 0.491 e. The molecule has 0 bridgehead atoms. The molecule has 30 heavy (non-hydrogen) atoms. The molecule has 0 saturated carbocycles. The van der Waals surface area contributed by atoms with Crippen molar-refractivity contribution in [1.82, 2.24) is 4.57 Å². The summed E-state index contributed by atoms with van der Waals surface area (Å²) in [5.74, 6) is 0.635. The number of rotatable bonds is 7. The van der Waals surface area contributed by atoms with Crippen LogP contribution in [0.1, 0.15) is 0 Å². The standard InChI is InChI=1S/C23H21NO5S/c25-18(16-29-19-11-5-2-6-12-19)15-24-21-14-8-7-13-20(21)23(30(26,27)28)22(24)17-9-3-1-4-10-17/h1-14,18,25H,15-16H2,(H,26,27,28). The SMILES string of the molecule is O=S(=O)(O)c1c(-c2ccccc2)n(CC(O)COc2ccccc2)c2ccccc12. The molecule has 1 atom stereocenters. The van der Waals surface area contributed by atoms with Gasteiger partial charge in [0.1, 0.15) is 23.4 Å². The average Bonchev–Trinajstić information content (AvgIpc) is 3.08. The Hall–Kier alpha value is -3.13. The van der Waals surface area contributed by atoms with Gasteiger partial charge in [0.25, 0.3) is 10.1 Å². The minimum absolute atomic E-state index is 0.0337. The zero-order chi connectivity index (χ0) is 21.1. The number of para-hydroxylation sites is 2. The van der Waals surface area contributed by atoms with Gasteiger partial charge in [-0.05, 0) is 23.8 Å². The van der Waals surface area contributed by atoms with Gasteiger partial charge in [-0.25, -0.2) is 0 Å². The first-order valence-electron chi connectivity index (χ1n) is 9.45. The van der Waals surface area contributed by atoms with Gasteiger partial charge in [0.2, 0.25) is 0 Å². The Labute approximate surface area is 174 Å². The van der Waals surface area contributed by atoms with Crippen LogP contribution in [-0.4, -0.2) is 35.4 Å². The Morgan fingerprint density at radius 2 is 1.47 bits per heavy atom. The Bertz CT molecular complexity index is 1250. The van der Waals surface area contributed by atoms with Crippen LogP contribution in [0.3, 0.4) is 0 Å². The normalized spacial score (nSPS) is 12.7. The van der Waals surface area contributed by atoms with Crippen LogP contribution in [-0.2, 0) is 16.7 Å². The Balaban J connectivity index is 1.78. The minimum Gasteiger partial charge on any atom is -0.491 e. The molecule has 1 heterocycles. The lowest BCUT2D eigenvalue weighted by Crippen LogP contribution is -2.24. The second-order valence-electron chi connectivity index (χ2n) is 6.92. The highest BCUT2D eigenvalue weighted by Crippen LogP contribution is 2.37. The smallest absolute Gasteiger partial charge is 0.297 e. The Morgan fingerprint density at radius 3 is 2.13 bits per heavy atom. The summed E-state index contributed by atoms with van der Waals surface area (Å²) in [6, 6.07) is 25.0. The average molecular weight is 423 g/mol. The predicted molar refractivity (Wildman–Crippen MR) is 115 cm³/mol. The third kappa shape index (κ3) is 4.09. The van der Waals surface area contributed by atoms with Gasteiger partial charge in [0.15, 0.2) is 0 Å². The maximum Gasteiger partial charge on any atom is 0.297 e. The molecular formula is C23H21NO5S. The molecular weight excluding hydrogens is 402 g/mol. The number of aliphatic hydroxyl groups excluding tert-OH is 1. The number of aromatic nitrogens is 1. The molecule has 3 aromatic carbocycles. The zero-order valence-electron chi connectivity index (χ0n) is 16.0. The first-order valence-corrected chi connectivity index (χ1v) is 10.9. The molecule has 1 unspecified atom stereocenters. The van der Waals surface area contributed by atoms with Gasteiger partial charge < -0.3 is 14.4 Å². The van der Waals surface area contributed by atoms with Crippen molar-refractivity contribution in [2.75, 3.05) is 6.61 Å². The molecule has 0 aliphatic rings. The molecule has 1 aromatic heterocycles. The van der Waals surface area contributed by atoms with E-state index in [0.29, 0.717) is 27.9 Å². The number of fused-ring (bicyclic) bond motifs is 1. The Kier molecular flexibility index (Phi) is 5.59.